The van der Waals surface area contributed by atoms with Gasteiger partial charge in [-0.15, -0.1) is 0 Å². The third kappa shape index (κ3) is 4.36. The van der Waals surface area contributed by atoms with E-state index in [0.717, 1.165) is 38.9 Å². The summed E-state index contributed by atoms with van der Waals surface area (Å²) in [5.74, 6) is 0.202. The average Bonchev–Trinajstić information content (AvgIpc) is 3.00. The summed E-state index contributed by atoms with van der Waals surface area (Å²) >= 11 is 0. The van der Waals surface area contributed by atoms with Crippen molar-refractivity contribution in [2.24, 2.45) is 11.3 Å². The molecule has 0 aromatic carbocycles. The van der Waals surface area contributed by atoms with E-state index in [0.29, 0.717) is 5.92 Å². The number of aromatic amines is 1. The molecule has 1 aromatic rings. The Kier molecular flexibility index (Phi) is 6.40. The van der Waals surface area contributed by atoms with Crippen molar-refractivity contribution >= 4 is 5.97 Å². The van der Waals surface area contributed by atoms with Gasteiger partial charge in [0.1, 0.15) is 0 Å². The maximum atomic E-state index is 12.2. The summed E-state index contributed by atoms with van der Waals surface area (Å²) in [6.45, 7) is 7.17. The molecule has 6 heteroatoms. The largest absolute Gasteiger partial charge is 0.469 e. The fourth-order valence-corrected chi connectivity index (χ4v) is 3.73. The van der Waals surface area contributed by atoms with E-state index in [-0.39, 0.29) is 17.3 Å². The lowest BCUT2D eigenvalue weighted by atomic mass is 9.64. The highest BCUT2D eigenvalue weighted by Gasteiger charge is 2.42. The first-order valence-corrected chi connectivity index (χ1v) is 8.82. The van der Waals surface area contributed by atoms with Crippen LogP contribution in [0.2, 0.25) is 0 Å². The Morgan fingerprint density at radius 1 is 1.54 bits per heavy atom. The normalized spacial score (nSPS) is 23.4. The molecule has 2 atom stereocenters. The molecule has 6 nitrogen and oxygen atoms in total. The third-order valence-corrected chi connectivity index (χ3v) is 5.43. The Hall–Kier alpha value is -1.40. The Labute approximate surface area is 145 Å². The molecule has 1 aliphatic carbocycles. The van der Waals surface area contributed by atoms with Crippen molar-refractivity contribution < 1.29 is 9.53 Å². The van der Waals surface area contributed by atoms with Gasteiger partial charge in [-0.2, -0.15) is 5.10 Å². The second kappa shape index (κ2) is 8.12. The molecule has 1 aromatic heterocycles. The van der Waals surface area contributed by atoms with Gasteiger partial charge in [0.25, 0.3) is 0 Å². The lowest BCUT2D eigenvalue weighted by molar-refractivity contribution is -0.151. The molecule has 0 radical (unpaired) electrons. The Balaban J connectivity index is 2.09. The molecule has 1 aliphatic rings. The van der Waals surface area contributed by atoms with Crippen LogP contribution in [0.25, 0.3) is 0 Å². The monoisotopic (exact) mass is 336 g/mol. The fraction of sp³-hybridized carbons (Fsp3) is 0.778. The number of esters is 1. The van der Waals surface area contributed by atoms with Crippen LogP contribution in [0.15, 0.2) is 6.20 Å². The Bertz CT molecular complexity index is 541. The van der Waals surface area contributed by atoms with Gasteiger partial charge in [0.2, 0.25) is 0 Å². The number of likely N-dealkylation sites (N-methyl/N-ethyl adjacent to an activating group) is 2. The van der Waals surface area contributed by atoms with Crippen molar-refractivity contribution in [3.05, 3.63) is 17.5 Å². The van der Waals surface area contributed by atoms with E-state index in [1.54, 1.807) is 0 Å². The highest BCUT2D eigenvalue weighted by Crippen LogP contribution is 2.47. The predicted molar refractivity (Wildman–Crippen MR) is 94.7 cm³/mol. The zero-order valence-corrected chi connectivity index (χ0v) is 15.7. The van der Waals surface area contributed by atoms with Crippen LogP contribution in [0.3, 0.4) is 0 Å². The van der Waals surface area contributed by atoms with Gasteiger partial charge >= 0.3 is 5.97 Å². The molecule has 1 saturated carbocycles. The molecule has 1 fully saturated rings. The number of aromatic nitrogens is 2. The van der Waals surface area contributed by atoms with Crippen LogP contribution in [0.5, 0.6) is 0 Å². The minimum atomic E-state index is -0.0862. The van der Waals surface area contributed by atoms with Crippen molar-refractivity contribution in [1.82, 2.24) is 20.4 Å². The number of hydrogen-bond acceptors (Lipinski definition) is 5. The summed E-state index contributed by atoms with van der Waals surface area (Å²) in [5.41, 5.74) is 2.42. The molecular weight excluding hydrogens is 304 g/mol. The number of rotatable bonds is 7. The van der Waals surface area contributed by atoms with Crippen LogP contribution in [-0.4, -0.2) is 55.4 Å². The molecule has 1 heterocycles. The van der Waals surface area contributed by atoms with Crippen LogP contribution in [0, 0.1) is 11.3 Å². The van der Waals surface area contributed by atoms with E-state index >= 15 is 0 Å². The Morgan fingerprint density at radius 2 is 2.29 bits per heavy atom. The molecule has 24 heavy (non-hydrogen) atoms. The van der Waals surface area contributed by atoms with Gasteiger partial charge in [0, 0.05) is 36.8 Å². The van der Waals surface area contributed by atoms with Crippen LogP contribution in [0.4, 0.5) is 0 Å². The minimum absolute atomic E-state index is 0.00658. The van der Waals surface area contributed by atoms with Crippen molar-refractivity contribution in [1.29, 1.82) is 0 Å². The SMILES string of the molecule is CNCCN(C)Cc1cn[nH]c1C1CCC(C)(C)[C@H](C(=O)OC)C1. The summed E-state index contributed by atoms with van der Waals surface area (Å²) < 4.78 is 5.05. The zero-order chi connectivity index (χ0) is 17.7. The number of carbonyl (C=O) groups excluding carboxylic acids is 1. The van der Waals surface area contributed by atoms with Crippen molar-refractivity contribution in [3.8, 4) is 0 Å². The summed E-state index contributed by atoms with van der Waals surface area (Å²) in [6.07, 6.45) is 4.86. The number of ether oxygens (including phenoxy) is 1. The van der Waals surface area contributed by atoms with Crippen LogP contribution < -0.4 is 5.32 Å². The van der Waals surface area contributed by atoms with Crippen molar-refractivity contribution in [2.75, 3.05) is 34.3 Å². The minimum Gasteiger partial charge on any atom is -0.469 e. The predicted octanol–water partition coefficient (Wildman–Crippen LogP) is 2.14. The number of hydrogen-bond donors (Lipinski definition) is 2. The highest BCUT2D eigenvalue weighted by atomic mass is 16.5. The zero-order valence-electron chi connectivity index (χ0n) is 15.7. The molecule has 0 bridgehead atoms. The first kappa shape index (κ1) is 18.9. The highest BCUT2D eigenvalue weighted by molar-refractivity contribution is 5.73. The van der Waals surface area contributed by atoms with Gasteiger partial charge in [-0.05, 0) is 38.8 Å². The topological polar surface area (TPSA) is 70.2 Å². The van der Waals surface area contributed by atoms with Gasteiger partial charge in [0.15, 0.2) is 0 Å². The average molecular weight is 336 g/mol. The second-order valence-corrected chi connectivity index (χ2v) is 7.69. The van der Waals surface area contributed by atoms with E-state index < -0.39 is 0 Å². The van der Waals surface area contributed by atoms with Crippen molar-refractivity contribution in [2.45, 2.75) is 45.6 Å². The number of nitrogens with zero attached hydrogens (tertiary/aromatic N) is 2. The number of carbonyl (C=O) groups is 1. The van der Waals surface area contributed by atoms with Gasteiger partial charge < -0.3 is 15.0 Å². The molecular formula is C18H32N4O2. The van der Waals surface area contributed by atoms with Gasteiger partial charge in [-0.3, -0.25) is 9.89 Å². The molecule has 136 valence electrons. The third-order valence-electron chi connectivity index (χ3n) is 5.43. The van der Waals surface area contributed by atoms with Gasteiger partial charge in [-0.1, -0.05) is 13.8 Å². The Morgan fingerprint density at radius 3 is 2.96 bits per heavy atom. The van der Waals surface area contributed by atoms with Crippen LogP contribution in [0.1, 0.15) is 50.3 Å². The number of nitrogens with one attached hydrogen (secondary N) is 2. The first-order valence-electron chi connectivity index (χ1n) is 8.82. The van der Waals surface area contributed by atoms with E-state index in [1.807, 2.05) is 13.2 Å². The second-order valence-electron chi connectivity index (χ2n) is 7.69. The molecule has 0 amide bonds. The fourth-order valence-electron chi connectivity index (χ4n) is 3.73. The van der Waals surface area contributed by atoms with E-state index in [4.69, 9.17) is 4.74 Å². The summed E-state index contributed by atoms with van der Waals surface area (Å²) in [7, 11) is 5.57. The van der Waals surface area contributed by atoms with Crippen LogP contribution in [-0.2, 0) is 16.1 Å². The van der Waals surface area contributed by atoms with Gasteiger partial charge in [-0.25, -0.2) is 0 Å². The molecule has 1 unspecified atom stereocenters. The quantitative estimate of drug-likeness (QED) is 0.747. The maximum absolute atomic E-state index is 12.2. The summed E-state index contributed by atoms with van der Waals surface area (Å²) in [4.78, 5) is 14.5. The first-order chi connectivity index (χ1) is 11.4. The molecule has 0 aliphatic heterocycles. The number of methoxy groups -OCH3 is 1. The maximum Gasteiger partial charge on any atom is 0.309 e. The van der Waals surface area contributed by atoms with Crippen molar-refractivity contribution in [3.63, 3.8) is 0 Å². The summed E-state index contributed by atoms with van der Waals surface area (Å²) in [5, 5.41) is 10.6. The van der Waals surface area contributed by atoms with E-state index in [1.165, 1.54) is 18.4 Å². The standard InChI is InChI=1S/C18H32N4O2/c1-18(2)7-6-13(10-15(18)17(23)24-5)16-14(11-20-21-16)12-22(4)9-8-19-3/h11,13,15,19H,6-10,12H2,1-5H3,(H,20,21)/t13?,15-/m0/s1. The van der Waals surface area contributed by atoms with Gasteiger partial charge in [0.05, 0.1) is 19.2 Å². The molecule has 0 saturated heterocycles. The lowest BCUT2D eigenvalue weighted by Gasteiger charge is -2.40. The summed E-state index contributed by atoms with van der Waals surface area (Å²) in [6, 6.07) is 0. The lowest BCUT2D eigenvalue weighted by Crippen LogP contribution is -2.37. The molecule has 2 rings (SSSR count). The van der Waals surface area contributed by atoms with E-state index in [9.17, 15) is 4.79 Å². The molecule has 2 N–H and O–H groups in total. The van der Waals surface area contributed by atoms with Crippen LogP contribution >= 0.6 is 0 Å². The molecule has 0 spiro atoms. The van der Waals surface area contributed by atoms with E-state index in [2.05, 4.69) is 41.3 Å². The number of H-pyrrole nitrogens is 1. The smallest absolute Gasteiger partial charge is 0.309 e.